The van der Waals surface area contributed by atoms with Crippen molar-refractivity contribution in [2.24, 2.45) is 0 Å². The van der Waals surface area contributed by atoms with Gasteiger partial charge in [0.05, 0.1) is 32.0 Å². The Morgan fingerprint density at radius 3 is 1.26 bits per heavy atom. The zero-order valence-electron chi connectivity index (χ0n) is 33.3. The van der Waals surface area contributed by atoms with Gasteiger partial charge in [0, 0.05) is 41.4 Å². The monoisotopic (exact) mass is 781 g/mol. The molecule has 0 aliphatic rings. The molecule has 0 saturated carbocycles. The van der Waals surface area contributed by atoms with Crippen LogP contribution in [0.25, 0.3) is 0 Å². The Kier molecular flexibility index (Phi) is 35.0. The summed E-state index contributed by atoms with van der Waals surface area (Å²) in [6, 6.07) is -1.14. The van der Waals surface area contributed by atoms with E-state index in [9.17, 15) is 30.3 Å². The van der Waals surface area contributed by atoms with E-state index in [0.717, 1.165) is 19.3 Å². The van der Waals surface area contributed by atoms with Crippen LogP contribution in [0.4, 0.5) is 0 Å². The third kappa shape index (κ3) is 32.2. The molecule has 1 amide bonds. The Bertz CT molecular complexity index is 2030. The number of carbonyl (C=O) groups is 1. The Labute approximate surface area is 346 Å². The molecule has 0 fully saturated rings. The lowest BCUT2D eigenvalue weighted by Crippen LogP contribution is -2.51. The van der Waals surface area contributed by atoms with E-state index in [1.165, 1.54) is 51.4 Å². The summed E-state index contributed by atoms with van der Waals surface area (Å²) in [5.74, 6) is 58.4. The second-order valence-electron chi connectivity index (χ2n) is 12.3. The molecule has 0 radical (unpaired) electrons. The summed E-state index contributed by atoms with van der Waals surface area (Å²) in [6.07, 6.45) is 6.65. The van der Waals surface area contributed by atoms with Crippen LogP contribution >= 0.6 is 0 Å². The quantitative estimate of drug-likeness (QED) is 0.0607. The number of ether oxygens (including phenoxy) is 1. The van der Waals surface area contributed by atoms with Crippen molar-refractivity contribution in [1.29, 1.82) is 0 Å². The molecule has 6 atom stereocenters. The summed E-state index contributed by atoms with van der Waals surface area (Å²) in [6.45, 7) is 2.26. The van der Waals surface area contributed by atoms with Crippen molar-refractivity contribution in [3.05, 3.63) is 0 Å². The number of unbranched alkanes of at least 4 members (excludes halogenated alkanes) is 11. The van der Waals surface area contributed by atoms with Gasteiger partial charge in [-0.15, -0.1) is 0 Å². The summed E-state index contributed by atoms with van der Waals surface area (Å²) < 4.78 is 5.38. The molecule has 0 rings (SSSR count). The molecule has 300 valence electrons. The largest absolute Gasteiger partial charge is 0.394 e. The number of nitrogens with one attached hydrogen (secondary N) is 1. The standard InChI is InChI=1S/C49H51NO8/c1-3-5-7-9-11-13-15-17-18-19-20-21-22-23-24-25-26-27-29-31-33-35-37-39-47(55)50-43(41-58-42-46(54)49(57)45(53)40-51)48(56)44(52)38-36-34-32-30-28-16-14-12-10-8-6-4-2/h43-46,48-49,51-54,56-57H,4,6,8,10,12,14,16,28,30,32,34,36,38,40-42H2,1-2H3,(H,50,55)/t43-,44-,45+,46?,48-,49-/m0/s1. The van der Waals surface area contributed by atoms with E-state index >= 15 is 0 Å². The van der Waals surface area contributed by atoms with E-state index < -0.39 is 55.7 Å². The molecule has 58 heavy (non-hydrogen) atoms. The first-order valence-corrected chi connectivity index (χ1v) is 19.1. The van der Waals surface area contributed by atoms with Crippen molar-refractivity contribution < 1.29 is 40.2 Å². The van der Waals surface area contributed by atoms with Crippen molar-refractivity contribution in [3.8, 4) is 142 Å². The van der Waals surface area contributed by atoms with Crippen LogP contribution in [0.1, 0.15) is 97.3 Å². The highest BCUT2D eigenvalue weighted by atomic mass is 16.5. The van der Waals surface area contributed by atoms with E-state index in [2.05, 4.69) is 154 Å². The minimum atomic E-state index is -1.69. The lowest BCUT2D eigenvalue weighted by Gasteiger charge is -2.28. The zero-order chi connectivity index (χ0) is 42.7. The van der Waals surface area contributed by atoms with Crippen molar-refractivity contribution in [2.45, 2.75) is 134 Å². The van der Waals surface area contributed by atoms with E-state index in [0.29, 0.717) is 12.8 Å². The molecule has 9 nitrogen and oxygen atoms in total. The summed E-state index contributed by atoms with van der Waals surface area (Å²) in [5, 5.41) is 62.5. The maximum atomic E-state index is 12.5. The number of hydrogen-bond acceptors (Lipinski definition) is 8. The molecule has 0 aliphatic heterocycles. The van der Waals surface area contributed by atoms with Gasteiger partial charge in [0.25, 0.3) is 5.91 Å². The molecular weight excluding hydrogens is 731 g/mol. The van der Waals surface area contributed by atoms with E-state index in [1.807, 2.05) is 0 Å². The van der Waals surface area contributed by atoms with Crippen LogP contribution in [0.2, 0.25) is 0 Å². The Hall–Kier alpha value is -6.09. The van der Waals surface area contributed by atoms with Crippen molar-refractivity contribution in [2.75, 3.05) is 19.8 Å². The minimum Gasteiger partial charge on any atom is -0.394 e. The van der Waals surface area contributed by atoms with Gasteiger partial charge in [-0.3, -0.25) is 4.79 Å². The Morgan fingerprint density at radius 2 is 0.862 bits per heavy atom. The van der Waals surface area contributed by atoms with E-state index in [4.69, 9.17) is 9.84 Å². The zero-order valence-corrected chi connectivity index (χ0v) is 33.3. The normalized spacial score (nSPS) is 11.7. The molecule has 0 spiro atoms. The van der Waals surface area contributed by atoms with Crippen molar-refractivity contribution in [3.63, 3.8) is 0 Å². The number of aliphatic hydroxyl groups excluding tert-OH is 6. The van der Waals surface area contributed by atoms with Crippen LogP contribution < -0.4 is 5.32 Å². The summed E-state index contributed by atoms with van der Waals surface area (Å²) in [4.78, 5) is 12.5. The predicted molar refractivity (Wildman–Crippen MR) is 225 cm³/mol. The second kappa shape index (κ2) is 39.2. The topological polar surface area (TPSA) is 160 Å². The third-order valence-electron chi connectivity index (χ3n) is 7.65. The number of hydrogen-bond donors (Lipinski definition) is 7. The fourth-order valence-corrected chi connectivity index (χ4v) is 4.62. The van der Waals surface area contributed by atoms with Gasteiger partial charge in [0.1, 0.15) is 24.4 Å². The highest BCUT2D eigenvalue weighted by Crippen LogP contribution is 2.15. The molecule has 7 N–H and O–H groups in total. The van der Waals surface area contributed by atoms with Crippen LogP contribution in [-0.2, 0) is 9.53 Å². The molecule has 0 aromatic heterocycles. The van der Waals surface area contributed by atoms with Crippen LogP contribution in [0, 0.1) is 142 Å². The summed E-state index contributed by atoms with van der Waals surface area (Å²) in [5.41, 5.74) is 0. The molecule has 0 aromatic rings. The molecule has 0 bridgehead atoms. The summed E-state index contributed by atoms with van der Waals surface area (Å²) in [7, 11) is 0. The highest BCUT2D eigenvalue weighted by Gasteiger charge is 2.29. The van der Waals surface area contributed by atoms with Gasteiger partial charge >= 0.3 is 0 Å². The number of carbonyl (C=O) groups excluding carboxylic acids is 1. The fraction of sp³-hybridized carbons (Fsp3) is 0.490. The highest BCUT2D eigenvalue weighted by molar-refractivity contribution is 5.94. The minimum absolute atomic E-state index is 0.290. The van der Waals surface area contributed by atoms with Crippen molar-refractivity contribution >= 4 is 5.91 Å². The number of aliphatic hydroxyl groups is 6. The predicted octanol–water partition coefficient (Wildman–Crippen LogP) is 1.44. The molecule has 1 unspecified atom stereocenters. The molecule has 0 saturated heterocycles. The fourth-order valence-electron chi connectivity index (χ4n) is 4.62. The van der Waals surface area contributed by atoms with Gasteiger partial charge in [-0.05, 0) is 108 Å². The average Bonchev–Trinajstić information content (AvgIpc) is 3.22. The molecular formula is C49H51NO8. The first-order valence-electron chi connectivity index (χ1n) is 19.1. The lowest BCUT2D eigenvalue weighted by molar-refractivity contribution is -0.121. The van der Waals surface area contributed by atoms with Gasteiger partial charge in [-0.1, -0.05) is 89.9 Å². The second-order valence-corrected chi connectivity index (χ2v) is 12.3. The van der Waals surface area contributed by atoms with E-state index in [-0.39, 0.29) is 6.61 Å². The Balaban J connectivity index is 5.06. The van der Waals surface area contributed by atoms with Crippen LogP contribution in [-0.4, -0.2) is 92.9 Å². The first kappa shape index (κ1) is 51.9. The molecule has 0 aromatic carbocycles. The van der Waals surface area contributed by atoms with Gasteiger partial charge in [0.15, 0.2) is 0 Å². The third-order valence-corrected chi connectivity index (χ3v) is 7.65. The Morgan fingerprint density at radius 1 is 0.483 bits per heavy atom. The smallest absolute Gasteiger partial charge is 0.297 e. The van der Waals surface area contributed by atoms with Gasteiger partial charge in [0.2, 0.25) is 0 Å². The maximum absolute atomic E-state index is 12.5. The number of rotatable bonds is 23. The van der Waals surface area contributed by atoms with Gasteiger partial charge in [-0.25, -0.2) is 0 Å². The van der Waals surface area contributed by atoms with Crippen LogP contribution in [0.5, 0.6) is 0 Å². The lowest BCUT2D eigenvalue weighted by atomic mass is 9.99. The molecule has 0 heterocycles. The first-order chi connectivity index (χ1) is 28.3. The van der Waals surface area contributed by atoms with Gasteiger partial charge in [-0.2, -0.15) is 0 Å². The molecule has 0 aliphatic carbocycles. The van der Waals surface area contributed by atoms with Crippen LogP contribution in [0.15, 0.2) is 0 Å². The number of amides is 1. The van der Waals surface area contributed by atoms with Crippen molar-refractivity contribution in [1.82, 2.24) is 5.32 Å². The summed E-state index contributed by atoms with van der Waals surface area (Å²) >= 11 is 0. The maximum Gasteiger partial charge on any atom is 0.297 e. The van der Waals surface area contributed by atoms with E-state index in [1.54, 1.807) is 6.92 Å². The van der Waals surface area contributed by atoms with Crippen LogP contribution in [0.3, 0.4) is 0 Å². The SMILES string of the molecule is CC#CC#CC#CC#CC#CC#CC#CC#CC#CC#CC#CC#CC(=O)N[C@@H](COCC(O)[C@@H](O)[C@H](O)CO)[C@H](O)[C@@H](O)CCCCCCCCCCCCCC. The van der Waals surface area contributed by atoms with Gasteiger partial charge < -0.3 is 40.7 Å². The average molecular weight is 782 g/mol. The molecule has 9 heteroatoms.